The highest BCUT2D eigenvalue weighted by atomic mass is 79.9. The Kier molecular flexibility index (Phi) is 4.58. The van der Waals surface area contributed by atoms with Gasteiger partial charge in [-0.25, -0.2) is 21.9 Å². The summed E-state index contributed by atoms with van der Waals surface area (Å²) in [6.45, 7) is 1.91. The minimum atomic E-state index is -4.07. The van der Waals surface area contributed by atoms with E-state index in [0.717, 1.165) is 17.2 Å². The van der Waals surface area contributed by atoms with Gasteiger partial charge < -0.3 is 0 Å². The fourth-order valence-corrected chi connectivity index (χ4v) is 4.62. The summed E-state index contributed by atoms with van der Waals surface area (Å²) in [6, 6.07) is 1.45. The van der Waals surface area contributed by atoms with E-state index in [2.05, 4.69) is 20.7 Å². The van der Waals surface area contributed by atoms with Gasteiger partial charge in [-0.15, -0.1) is 0 Å². The highest BCUT2D eigenvalue weighted by Crippen LogP contribution is 2.26. The van der Waals surface area contributed by atoms with Gasteiger partial charge in [0.2, 0.25) is 10.0 Å². The maximum Gasteiger partial charge on any atom is 0.244 e. The van der Waals surface area contributed by atoms with E-state index in [9.17, 15) is 17.2 Å². The van der Waals surface area contributed by atoms with Gasteiger partial charge in [0.25, 0.3) is 0 Å². The second-order valence-electron chi connectivity index (χ2n) is 4.10. The summed E-state index contributed by atoms with van der Waals surface area (Å²) in [6.07, 6.45) is 0. The average molecular weight is 382 g/mol. The van der Waals surface area contributed by atoms with E-state index in [1.54, 1.807) is 0 Å². The molecule has 0 saturated carbocycles. The molecule has 2 aromatic rings. The zero-order chi connectivity index (χ0) is 14.9. The smallest absolute Gasteiger partial charge is 0.207 e. The van der Waals surface area contributed by atoms with E-state index in [1.807, 2.05) is 17.7 Å². The minimum Gasteiger partial charge on any atom is -0.207 e. The van der Waals surface area contributed by atoms with Gasteiger partial charge in [0, 0.05) is 17.1 Å². The lowest BCUT2D eigenvalue weighted by atomic mass is 10.2. The Balaban J connectivity index is 2.30. The molecule has 0 radical (unpaired) electrons. The third-order valence-electron chi connectivity index (χ3n) is 2.65. The third-order valence-corrected chi connectivity index (χ3v) is 5.92. The molecule has 0 saturated heterocycles. The van der Waals surface area contributed by atoms with Crippen molar-refractivity contribution in [2.24, 2.45) is 0 Å². The minimum absolute atomic E-state index is 0.0565. The molecule has 0 fully saturated rings. The van der Waals surface area contributed by atoms with Crippen LogP contribution in [-0.4, -0.2) is 8.42 Å². The fourth-order valence-electron chi connectivity index (χ4n) is 1.60. The molecule has 108 valence electrons. The number of benzene rings is 1. The van der Waals surface area contributed by atoms with Crippen molar-refractivity contribution < 1.29 is 17.2 Å². The van der Waals surface area contributed by atoms with Gasteiger partial charge in [0.1, 0.15) is 16.5 Å². The Morgan fingerprint density at radius 3 is 2.55 bits per heavy atom. The van der Waals surface area contributed by atoms with E-state index < -0.39 is 26.6 Å². The van der Waals surface area contributed by atoms with Gasteiger partial charge >= 0.3 is 0 Å². The molecule has 0 spiro atoms. The van der Waals surface area contributed by atoms with Gasteiger partial charge in [0.15, 0.2) is 0 Å². The number of hydrogen-bond acceptors (Lipinski definition) is 3. The summed E-state index contributed by atoms with van der Waals surface area (Å²) in [5.41, 5.74) is 1.77. The first-order valence-electron chi connectivity index (χ1n) is 5.47. The van der Waals surface area contributed by atoms with Gasteiger partial charge in [-0.05, 0) is 50.8 Å². The van der Waals surface area contributed by atoms with Gasteiger partial charge in [-0.2, -0.15) is 11.3 Å². The average Bonchev–Trinajstić information content (AvgIpc) is 2.70. The largest absolute Gasteiger partial charge is 0.244 e. The van der Waals surface area contributed by atoms with Crippen molar-refractivity contribution in [2.45, 2.75) is 18.4 Å². The molecule has 0 aliphatic carbocycles. The number of aryl methyl sites for hydroxylation is 1. The van der Waals surface area contributed by atoms with Crippen LogP contribution < -0.4 is 4.72 Å². The van der Waals surface area contributed by atoms with Crippen LogP contribution in [0.15, 0.2) is 32.3 Å². The number of hydrogen-bond donors (Lipinski definition) is 1. The molecule has 0 atom stereocenters. The van der Waals surface area contributed by atoms with Crippen molar-refractivity contribution >= 4 is 37.3 Å². The molecule has 1 aromatic heterocycles. The molecule has 3 nitrogen and oxygen atoms in total. The second kappa shape index (κ2) is 5.88. The molecule has 1 aromatic carbocycles. The van der Waals surface area contributed by atoms with Crippen molar-refractivity contribution in [3.63, 3.8) is 0 Å². The SMILES string of the molecule is Cc1cscc1CNS(=O)(=O)c1c(F)cc(F)cc1Br. The molecule has 0 aliphatic rings. The topological polar surface area (TPSA) is 46.2 Å². The molecule has 8 heteroatoms. The highest BCUT2D eigenvalue weighted by molar-refractivity contribution is 9.10. The predicted molar refractivity (Wildman–Crippen MR) is 77.1 cm³/mol. The summed E-state index contributed by atoms with van der Waals surface area (Å²) in [5.74, 6) is -1.98. The summed E-state index contributed by atoms with van der Waals surface area (Å²) in [7, 11) is -4.07. The number of sulfonamides is 1. The van der Waals surface area contributed by atoms with Gasteiger partial charge in [-0.3, -0.25) is 0 Å². The maximum absolute atomic E-state index is 13.7. The van der Waals surface area contributed by atoms with E-state index in [-0.39, 0.29) is 11.0 Å². The molecule has 0 bridgehead atoms. The first-order chi connectivity index (χ1) is 9.31. The molecule has 2 rings (SSSR count). The molecule has 0 unspecified atom stereocenters. The molecule has 20 heavy (non-hydrogen) atoms. The van der Waals surface area contributed by atoms with Gasteiger partial charge in [0.05, 0.1) is 0 Å². The number of halogens is 3. The Morgan fingerprint density at radius 2 is 2.00 bits per heavy atom. The highest BCUT2D eigenvalue weighted by Gasteiger charge is 2.23. The first kappa shape index (κ1) is 15.6. The predicted octanol–water partition coefficient (Wildman–Crippen LogP) is 3.58. The summed E-state index contributed by atoms with van der Waals surface area (Å²) < 4.78 is 53.0. The van der Waals surface area contributed by atoms with E-state index in [0.29, 0.717) is 6.07 Å². The van der Waals surface area contributed by atoms with Crippen LogP contribution >= 0.6 is 27.3 Å². The van der Waals surface area contributed by atoms with E-state index >= 15 is 0 Å². The molecule has 0 amide bonds. The number of rotatable bonds is 4. The van der Waals surface area contributed by atoms with Crippen LogP contribution in [0.4, 0.5) is 8.78 Å². The molecule has 1 heterocycles. The van der Waals surface area contributed by atoms with E-state index in [1.165, 1.54) is 11.3 Å². The van der Waals surface area contributed by atoms with Crippen molar-refractivity contribution in [3.05, 3.63) is 50.1 Å². The van der Waals surface area contributed by atoms with Crippen LogP contribution in [0.2, 0.25) is 0 Å². The molecular weight excluding hydrogens is 372 g/mol. The lowest BCUT2D eigenvalue weighted by Gasteiger charge is -2.09. The van der Waals surface area contributed by atoms with Crippen LogP contribution in [-0.2, 0) is 16.6 Å². The standard InChI is InChI=1S/C12H10BrF2NO2S2/c1-7-5-19-6-8(7)4-16-20(17,18)12-10(13)2-9(14)3-11(12)15/h2-3,5-6,16H,4H2,1H3. The summed E-state index contributed by atoms with van der Waals surface area (Å²) in [5, 5.41) is 3.70. The summed E-state index contributed by atoms with van der Waals surface area (Å²) >= 11 is 4.32. The Labute approximate surface area is 127 Å². The van der Waals surface area contributed by atoms with Crippen molar-refractivity contribution in [1.29, 1.82) is 0 Å². The molecule has 0 aliphatic heterocycles. The first-order valence-corrected chi connectivity index (χ1v) is 8.69. The van der Waals surface area contributed by atoms with Crippen molar-refractivity contribution in [2.75, 3.05) is 0 Å². The number of nitrogens with one attached hydrogen (secondary N) is 1. The lowest BCUT2D eigenvalue weighted by molar-refractivity contribution is 0.540. The van der Waals surface area contributed by atoms with Crippen molar-refractivity contribution in [3.8, 4) is 0 Å². The lowest BCUT2D eigenvalue weighted by Crippen LogP contribution is -2.24. The van der Waals surface area contributed by atoms with Crippen LogP contribution in [0.1, 0.15) is 11.1 Å². The maximum atomic E-state index is 13.7. The zero-order valence-electron chi connectivity index (χ0n) is 10.3. The Bertz CT molecular complexity index is 721. The fraction of sp³-hybridized carbons (Fsp3) is 0.167. The number of thiophene rings is 1. The quantitative estimate of drug-likeness (QED) is 0.879. The van der Waals surface area contributed by atoms with Crippen LogP contribution in [0.3, 0.4) is 0 Å². The Morgan fingerprint density at radius 1 is 1.30 bits per heavy atom. The van der Waals surface area contributed by atoms with Crippen LogP contribution in [0.5, 0.6) is 0 Å². The van der Waals surface area contributed by atoms with Crippen LogP contribution in [0.25, 0.3) is 0 Å². The molecular formula is C12H10BrF2NO2S2. The van der Waals surface area contributed by atoms with Gasteiger partial charge in [-0.1, -0.05) is 0 Å². The molecule has 1 N–H and O–H groups in total. The normalized spacial score (nSPS) is 11.8. The van der Waals surface area contributed by atoms with Crippen LogP contribution in [0, 0.1) is 18.6 Å². The summed E-state index contributed by atoms with van der Waals surface area (Å²) in [4.78, 5) is -0.591. The van der Waals surface area contributed by atoms with E-state index in [4.69, 9.17) is 0 Å². The Hall–Kier alpha value is -0.830. The monoisotopic (exact) mass is 381 g/mol. The zero-order valence-corrected chi connectivity index (χ0v) is 13.5. The third kappa shape index (κ3) is 3.25. The van der Waals surface area contributed by atoms with Crippen molar-refractivity contribution in [1.82, 2.24) is 4.72 Å². The second-order valence-corrected chi connectivity index (χ2v) is 7.40.